The van der Waals surface area contributed by atoms with Crippen LogP contribution in [0.15, 0.2) is 158 Å². The van der Waals surface area contributed by atoms with Gasteiger partial charge in [-0.15, -0.1) is 0 Å². The SMILES string of the molecule is C=C/C=C(\C(=C/C)c1ccccc1)N(c1ccc(C(/C=C\CC)=C/C)cc1)c1cccc2ccc3ccccc3c12. The highest BCUT2D eigenvalue weighted by Crippen LogP contribution is 2.42. The maximum atomic E-state index is 4.12. The molecular formula is C40H37N. The summed E-state index contributed by atoms with van der Waals surface area (Å²) in [7, 11) is 0. The van der Waals surface area contributed by atoms with Crippen molar-refractivity contribution < 1.29 is 0 Å². The minimum absolute atomic E-state index is 1.01. The van der Waals surface area contributed by atoms with Crippen LogP contribution in [0.4, 0.5) is 11.4 Å². The monoisotopic (exact) mass is 531 g/mol. The van der Waals surface area contributed by atoms with Crippen LogP contribution in [0.25, 0.3) is 32.7 Å². The number of hydrogen-bond donors (Lipinski definition) is 0. The van der Waals surface area contributed by atoms with Gasteiger partial charge in [-0.05, 0) is 77.4 Å². The molecule has 5 rings (SSSR count). The molecule has 5 aromatic carbocycles. The molecule has 0 atom stereocenters. The van der Waals surface area contributed by atoms with E-state index in [2.05, 4.69) is 172 Å². The lowest BCUT2D eigenvalue weighted by Gasteiger charge is -2.31. The molecule has 0 saturated carbocycles. The first-order valence-electron chi connectivity index (χ1n) is 14.4. The molecule has 0 bridgehead atoms. The average Bonchev–Trinajstić information content (AvgIpc) is 3.03. The highest BCUT2D eigenvalue weighted by molar-refractivity contribution is 6.15. The molecule has 0 N–H and O–H groups in total. The van der Waals surface area contributed by atoms with Crippen molar-refractivity contribution in [3.8, 4) is 0 Å². The molecule has 0 aliphatic rings. The van der Waals surface area contributed by atoms with Crippen LogP contribution in [0.5, 0.6) is 0 Å². The Bertz CT molecular complexity index is 1780. The van der Waals surface area contributed by atoms with Gasteiger partial charge in [-0.25, -0.2) is 0 Å². The normalized spacial score (nSPS) is 12.8. The summed E-state index contributed by atoms with van der Waals surface area (Å²) in [6.07, 6.45) is 13.8. The molecule has 0 heterocycles. The van der Waals surface area contributed by atoms with Gasteiger partial charge in [-0.3, -0.25) is 0 Å². The van der Waals surface area contributed by atoms with Crippen molar-refractivity contribution >= 4 is 44.1 Å². The molecule has 0 aliphatic carbocycles. The summed E-state index contributed by atoms with van der Waals surface area (Å²) in [5.74, 6) is 0. The van der Waals surface area contributed by atoms with E-state index in [1.807, 2.05) is 6.08 Å². The molecule has 0 aliphatic heterocycles. The van der Waals surface area contributed by atoms with Crippen LogP contribution in [0.2, 0.25) is 0 Å². The Labute approximate surface area is 244 Å². The Morgan fingerprint density at radius 1 is 0.707 bits per heavy atom. The lowest BCUT2D eigenvalue weighted by molar-refractivity contribution is 1.22. The first kappa shape index (κ1) is 27.7. The summed E-state index contributed by atoms with van der Waals surface area (Å²) in [5, 5.41) is 4.91. The van der Waals surface area contributed by atoms with E-state index in [1.165, 1.54) is 32.7 Å². The first-order chi connectivity index (χ1) is 20.2. The van der Waals surface area contributed by atoms with Gasteiger partial charge in [0, 0.05) is 16.6 Å². The molecular weight excluding hydrogens is 494 g/mol. The second kappa shape index (κ2) is 13.0. The maximum Gasteiger partial charge on any atom is 0.0546 e. The largest absolute Gasteiger partial charge is 0.309 e. The van der Waals surface area contributed by atoms with Crippen LogP contribution in [0.3, 0.4) is 0 Å². The van der Waals surface area contributed by atoms with Crippen LogP contribution >= 0.6 is 0 Å². The standard InChI is InChI=1S/C40H37N/c1-5-9-17-30(7-3)31-26-28-35(29-27-31)41(38(16-6-2)36(8-4)32-18-11-10-12-19-32)39-23-15-21-34-25-24-33-20-13-14-22-37(33)40(34)39/h6-29H,2,5H2,1,3-4H3/b17-9-,30-7+,36-8-,38-16+. The molecule has 0 aromatic heterocycles. The van der Waals surface area contributed by atoms with Crippen molar-refractivity contribution in [2.75, 3.05) is 4.90 Å². The number of allylic oxidation sites excluding steroid dienone is 8. The van der Waals surface area contributed by atoms with E-state index in [0.29, 0.717) is 0 Å². The minimum Gasteiger partial charge on any atom is -0.309 e. The fraction of sp³-hybridized carbons (Fsp3) is 0.100. The highest BCUT2D eigenvalue weighted by Gasteiger charge is 2.22. The summed E-state index contributed by atoms with van der Waals surface area (Å²) < 4.78 is 0. The van der Waals surface area contributed by atoms with Crippen LogP contribution in [0, 0.1) is 0 Å². The average molecular weight is 532 g/mol. The summed E-state index contributed by atoms with van der Waals surface area (Å²) in [6.45, 7) is 10.5. The number of nitrogens with zero attached hydrogens (tertiary/aromatic N) is 1. The summed E-state index contributed by atoms with van der Waals surface area (Å²) in [6, 6.07) is 39.2. The fourth-order valence-corrected chi connectivity index (χ4v) is 5.52. The zero-order chi connectivity index (χ0) is 28.6. The zero-order valence-electron chi connectivity index (χ0n) is 24.2. The zero-order valence-corrected chi connectivity index (χ0v) is 24.2. The molecule has 1 heteroatoms. The Morgan fingerprint density at radius 2 is 1.41 bits per heavy atom. The summed E-state index contributed by atoms with van der Waals surface area (Å²) in [4.78, 5) is 2.39. The lowest BCUT2D eigenvalue weighted by atomic mass is 9.96. The van der Waals surface area contributed by atoms with Crippen LogP contribution in [-0.4, -0.2) is 0 Å². The van der Waals surface area contributed by atoms with Gasteiger partial charge in [0.2, 0.25) is 0 Å². The van der Waals surface area contributed by atoms with Gasteiger partial charge in [0.25, 0.3) is 0 Å². The highest BCUT2D eigenvalue weighted by atomic mass is 15.2. The van der Waals surface area contributed by atoms with Crippen LogP contribution in [-0.2, 0) is 0 Å². The molecule has 0 saturated heterocycles. The molecule has 1 nitrogen and oxygen atoms in total. The Kier molecular flexibility index (Phi) is 8.76. The quantitative estimate of drug-likeness (QED) is 0.135. The van der Waals surface area contributed by atoms with Gasteiger partial charge in [0.1, 0.15) is 0 Å². The molecule has 202 valence electrons. The number of rotatable bonds is 9. The molecule has 5 aromatic rings. The van der Waals surface area contributed by atoms with Gasteiger partial charge >= 0.3 is 0 Å². The summed E-state index contributed by atoms with van der Waals surface area (Å²) >= 11 is 0. The topological polar surface area (TPSA) is 3.24 Å². The third-order valence-electron chi connectivity index (χ3n) is 7.46. The summed E-state index contributed by atoms with van der Waals surface area (Å²) in [5.41, 5.74) is 8.02. The molecule has 41 heavy (non-hydrogen) atoms. The predicted octanol–water partition coefficient (Wildman–Crippen LogP) is 11.7. The molecule has 0 radical (unpaired) electrons. The van der Waals surface area contributed by atoms with E-state index >= 15 is 0 Å². The van der Waals surface area contributed by atoms with Gasteiger partial charge in [0.15, 0.2) is 0 Å². The first-order valence-corrected chi connectivity index (χ1v) is 14.4. The maximum absolute atomic E-state index is 4.12. The van der Waals surface area contributed by atoms with E-state index in [1.54, 1.807) is 0 Å². The molecule has 0 spiro atoms. The van der Waals surface area contributed by atoms with Gasteiger partial charge in [-0.2, -0.15) is 0 Å². The number of hydrogen-bond acceptors (Lipinski definition) is 1. The van der Waals surface area contributed by atoms with Crippen LogP contribution < -0.4 is 4.90 Å². The third-order valence-corrected chi connectivity index (χ3v) is 7.46. The Hall–Kier alpha value is -4.88. The second-order valence-electron chi connectivity index (χ2n) is 9.95. The molecule has 0 amide bonds. The van der Waals surface area contributed by atoms with Crippen molar-refractivity contribution in [2.24, 2.45) is 0 Å². The minimum atomic E-state index is 1.01. The molecule has 0 fully saturated rings. The van der Waals surface area contributed by atoms with E-state index in [4.69, 9.17) is 0 Å². The van der Waals surface area contributed by atoms with E-state index in [0.717, 1.165) is 34.6 Å². The predicted molar refractivity (Wildman–Crippen MR) is 181 cm³/mol. The van der Waals surface area contributed by atoms with Crippen LogP contribution in [0.1, 0.15) is 38.3 Å². The van der Waals surface area contributed by atoms with Gasteiger partial charge < -0.3 is 4.90 Å². The third kappa shape index (κ3) is 5.71. The van der Waals surface area contributed by atoms with Crippen molar-refractivity contribution in [3.05, 3.63) is 169 Å². The van der Waals surface area contributed by atoms with Crippen molar-refractivity contribution in [1.29, 1.82) is 0 Å². The molecule has 0 unspecified atom stereocenters. The van der Waals surface area contributed by atoms with Crippen molar-refractivity contribution in [2.45, 2.75) is 27.2 Å². The number of fused-ring (bicyclic) bond motifs is 3. The number of anilines is 2. The Balaban J connectivity index is 1.79. The number of benzene rings is 5. The van der Waals surface area contributed by atoms with E-state index in [9.17, 15) is 0 Å². The lowest BCUT2D eigenvalue weighted by Crippen LogP contribution is -2.18. The van der Waals surface area contributed by atoms with Crippen molar-refractivity contribution in [3.63, 3.8) is 0 Å². The van der Waals surface area contributed by atoms with Gasteiger partial charge in [0.05, 0.1) is 11.4 Å². The van der Waals surface area contributed by atoms with Gasteiger partial charge in [-0.1, -0.05) is 135 Å². The second-order valence-corrected chi connectivity index (χ2v) is 9.95. The van der Waals surface area contributed by atoms with Crippen molar-refractivity contribution in [1.82, 2.24) is 0 Å². The van der Waals surface area contributed by atoms with E-state index < -0.39 is 0 Å². The van der Waals surface area contributed by atoms with E-state index in [-0.39, 0.29) is 0 Å². The fourth-order valence-electron chi connectivity index (χ4n) is 5.52. The Morgan fingerprint density at radius 3 is 2.12 bits per heavy atom. The smallest absolute Gasteiger partial charge is 0.0546 e.